The number of imidazole rings is 1. The molecule has 0 spiro atoms. The number of hydrogen-bond acceptors (Lipinski definition) is 2. The van der Waals surface area contributed by atoms with Gasteiger partial charge in [0.1, 0.15) is 11.5 Å². The van der Waals surface area contributed by atoms with Gasteiger partial charge >= 0.3 is 0 Å². The van der Waals surface area contributed by atoms with Gasteiger partial charge in [0.2, 0.25) is 0 Å². The van der Waals surface area contributed by atoms with Crippen LogP contribution in [0.25, 0.3) is 16.9 Å². The van der Waals surface area contributed by atoms with Crippen LogP contribution >= 0.6 is 0 Å². The van der Waals surface area contributed by atoms with Crippen molar-refractivity contribution in [3.8, 4) is 11.3 Å². The molecule has 0 aliphatic rings. The number of rotatable bonds is 4. The van der Waals surface area contributed by atoms with E-state index in [-0.39, 0.29) is 5.82 Å². The fraction of sp³-hybridized carbons (Fsp3) is 0.235. The third-order valence-electron chi connectivity index (χ3n) is 3.45. The van der Waals surface area contributed by atoms with E-state index in [1.807, 2.05) is 40.9 Å². The molecule has 0 amide bonds. The molecule has 0 saturated carbocycles. The first-order valence-corrected chi connectivity index (χ1v) is 7.09. The molecule has 2 heterocycles. The van der Waals surface area contributed by atoms with Crippen molar-refractivity contribution in [3.63, 3.8) is 0 Å². The molecular formula is C17H18FN3. The molecule has 21 heavy (non-hydrogen) atoms. The number of nitrogens with zero attached hydrogens (tertiary/aromatic N) is 2. The molecule has 0 atom stereocenters. The Kier molecular flexibility index (Phi) is 3.71. The molecule has 1 aromatic carbocycles. The smallest absolute Gasteiger partial charge is 0.137 e. The third kappa shape index (κ3) is 2.81. The van der Waals surface area contributed by atoms with Gasteiger partial charge in [0.05, 0.1) is 5.69 Å². The predicted octanol–water partition coefficient (Wildman–Crippen LogP) is 3.64. The van der Waals surface area contributed by atoms with Crippen molar-refractivity contribution in [2.24, 2.45) is 0 Å². The van der Waals surface area contributed by atoms with E-state index in [2.05, 4.69) is 24.1 Å². The molecule has 3 nitrogen and oxygen atoms in total. The molecule has 0 fully saturated rings. The average Bonchev–Trinajstić information content (AvgIpc) is 2.95. The Balaban J connectivity index is 2.05. The first kappa shape index (κ1) is 13.8. The highest BCUT2D eigenvalue weighted by molar-refractivity contribution is 5.65. The van der Waals surface area contributed by atoms with E-state index in [0.29, 0.717) is 11.6 Å². The lowest BCUT2D eigenvalue weighted by atomic mass is 10.1. The molecular weight excluding hydrogens is 265 g/mol. The van der Waals surface area contributed by atoms with Crippen molar-refractivity contribution in [1.29, 1.82) is 0 Å². The van der Waals surface area contributed by atoms with Gasteiger partial charge in [-0.2, -0.15) is 0 Å². The number of benzene rings is 1. The van der Waals surface area contributed by atoms with E-state index in [1.165, 1.54) is 6.07 Å². The summed E-state index contributed by atoms with van der Waals surface area (Å²) in [5.41, 5.74) is 3.30. The van der Waals surface area contributed by atoms with Crippen LogP contribution in [0, 0.1) is 5.82 Å². The van der Waals surface area contributed by atoms with Crippen LogP contribution < -0.4 is 5.32 Å². The summed E-state index contributed by atoms with van der Waals surface area (Å²) in [6.45, 7) is 4.91. The third-order valence-corrected chi connectivity index (χ3v) is 3.45. The van der Waals surface area contributed by atoms with Crippen molar-refractivity contribution in [2.45, 2.75) is 26.4 Å². The Morgan fingerprint density at radius 2 is 2.10 bits per heavy atom. The minimum atomic E-state index is -0.218. The minimum Gasteiger partial charge on any atom is -0.310 e. The summed E-state index contributed by atoms with van der Waals surface area (Å²) < 4.78 is 16.1. The van der Waals surface area contributed by atoms with E-state index >= 15 is 0 Å². The molecule has 0 radical (unpaired) electrons. The number of nitrogens with one attached hydrogen (secondary N) is 1. The number of pyridine rings is 1. The summed E-state index contributed by atoms with van der Waals surface area (Å²) in [6, 6.07) is 11.4. The van der Waals surface area contributed by atoms with Crippen LogP contribution in [-0.2, 0) is 6.54 Å². The second-order valence-electron chi connectivity index (χ2n) is 5.42. The second kappa shape index (κ2) is 5.66. The Morgan fingerprint density at radius 3 is 2.90 bits per heavy atom. The summed E-state index contributed by atoms with van der Waals surface area (Å²) in [5.74, 6) is -0.218. The maximum Gasteiger partial charge on any atom is 0.137 e. The quantitative estimate of drug-likeness (QED) is 0.792. The van der Waals surface area contributed by atoms with Gasteiger partial charge in [-0.15, -0.1) is 0 Å². The second-order valence-corrected chi connectivity index (χ2v) is 5.42. The fourth-order valence-electron chi connectivity index (χ4n) is 2.37. The zero-order valence-electron chi connectivity index (χ0n) is 12.2. The standard InChI is InChI=1S/C17H18FN3/c1-12(2)20-11-13-6-7-15(18)14(10-13)16-4-3-5-17-19-8-9-21(16)17/h3-10,12,20H,11H2,1-2H3. The van der Waals surface area contributed by atoms with Gasteiger partial charge in [0.15, 0.2) is 0 Å². The van der Waals surface area contributed by atoms with Gasteiger partial charge < -0.3 is 5.32 Å². The topological polar surface area (TPSA) is 29.3 Å². The Labute approximate surface area is 123 Å². The predicted molar refractivity (Wildman–Crippen MR) is 82.6 cm³/mol. The molecule has 1 N–H and O–H groups in total. The summed E-state index contributed by atoms with van der Waals surface area (Å²) >= 11 is 0. The minimum absolute atomic E-state index is 0.218. The van der Waals surface area contributed by atoms with Crippen LogP contribution in [-0.4, -0.2) is 15.4 Å². The average molecular weight is 283 g/mol. The largest absolute Gasteiger partial charge is 0.310 e. The molecule has 108 valence electrons. The van der Waals surface area contributed by atoms with Crippen molar-refractivity contribution >= 4 is 5.65 Å². The van der Waals surface area contributed by atoms with Gasteiger partial charge in [0, 0.05) is 30.5 Å². The Hall–Kier alpha value is -2.20. The van der Waals surface area contributed by atoms with Crippen molar-refractivity contribution < 1.29 is 4.39 Å². The zero-order valence-corrected chi connectivity index (χ0v) is 12.2. The number of halogens is 1. The van der Waals surface area contributed by atoms with Gasteiger partial charge in [-0.25, -0.2) is 9.37 Å². The molecule has 2 aromatic heterocycles. The van der Waals surface area contributed by atoms with Gasteiger partial charge in [-0.1, -0.05) is 26.0 Å². The van der Waals surface area contributed by atoms with E-state index < -0.39 is 0 Å². The van der Waals surface area contributed by atoms with E-state index in [4.69, 9.17) is 0 Å². The van der Waals surface area contributed by atoms with Crippen LogP contribution in [0.5, 0.6) is 0 Å². The van der Waals surface area contributed by atoms with Crippen molar-refractivity contribution in [3.05, 3.63) is 60.2 Å². The molecule has 0 aliphatic heterocycles. The molecule has 3 aromatic rings. The van der Waals surface area contributed by atoms with E-state index in [9.17, 15) is 4.39 Å². The summed E-state index contributed by atoms with van der Waals surface area (Å²) in [5, 5.41) is 3.35. The highest BCUT2D eigenvalue weighted by Crippen LogP contribution is 2.25. The van der Waals surface area contributed by atoms with Crippen LogP contribution in [0.3, 0.4) is 0 Å². The summed E-state index contributed by atoms with van der Waals surface area (Å²) in [7, 11) is 0. The number of hydrogen-bond donors (Lipinski definition) is 1. The van der Waals surface area contributed by atoms with E-state index in [1.54, 1.807) is 6.20 Å². The highest BCUT2D eigenvalue weighted by Gasteiger charge is 2.10. The zero-order chi connectivity index (χ0) is 14.8. The lowest BCUT2D eigenvalue weighted by Gasteiger charge is -2.11. The van der Waals surface area contributed by atoms with E-state index in [0.717, 1.165) is 23.4 Å². The lowest BCUT2D eigenvalue weighted by Crippen LogP contribution is -2.21. The maximum absolute atomic E-state index is 14.2. The number of aromatic nitrogens is 2. The first-order chi connectivity index (χ1) is 10.1. The maximum atomic E-state index is 14.2. The monoisotopic (exact) mass is 283 g/mol. The molecule has 3 rings (SSSR count). The SMILES string of the molecule is CC(C)NCc1ccc(F)c(-c2cccc3nccn23)c1. The molecule has 0 aliphatic carbocycles. The highest BCUT2D eigenvalue weighted by atomic mass is 19.1. The Bertz CT molecular complexity index is 762. The van der Waals surface area contributed by atoms with Gasteiger partial charge in [-0.3, -0.25) is 4.40 Å². The summed E-state index contributed by atoms with van der Waals surface area (Å²) in [6.07, 6.45) is 3.57. The van der Waals surface area contributed by atoms with Crippen LogP contribution in [0.15, 0.2) is 48.8 Å². The normalized spacial score (nSPS) is 11.4. The van der Waals surface area contributed by atoms with Crippen LogP contribution in [0.2, 0.25) is 0 Å². The number of fused-ring (bicyclic) bond motifs is 1. The Morgan fingerprint density at radius 1 is 1.24 bits per heavy atom. The fourth-order valence-corrected chi connectivity index (χ4v) is 2.37. The van der Waals surface area contributed by atoms with Crippen molar-refractivity contribution in [2.75, 3.05) is 0 Å². The first-order valence-electron chi connectivity index (χ1n) is 7.09. The summed E-state index contributed by atoms with van der Waals surface area (Å²) in [4.78, 5) is 4.24. The molecule has 0 bridgehead atoms. The van der Waals surface area contributed by atoms with Gasteiger partial charge in [0.25, 0.3) is 0 Å². The molecule has 0 saturated heterocycles. The lowest BCUT2D eigenvalue weighted by molar-refractivity contribution is 0.586. The van der Waals surface area contributed by atoms with Crippen molar-refractivity contribution in [1.82, 2.24) is 14.7 Å². The molecule has 4 heteroatoms. The van der Waals surface area contributed by atoms with Crippen LogP contribution in [0.1, 0.15) is 19.4 Å². The van der Waals surface area contributed by atoms with Gasteiger partial charge in [-0.05, 0) is 29.8 Å². The molecule has 0 unspecified atom stereocenters. The van der Waals surface area contributed by atoms with Crippen LogP contribution in [0.4, 0.5) is 4.39 Å².